The van der Waals surface area contributed by atoms with E-state index in [0.29, 0.717) is 6.04 Å². The van der Waals surface area contributed by atoms with Crippen molar-refractivity contribution in [1.29, 1.82) is 0 Å². The summed E-state index contributed by atoms with van der Waals surface area (Å²) < 4.78 is 0. The summed E-state index contributed by atoms with van der Waals surface area (Å²) in [4.78, 5) is 2.61. The maximum atomic E-state index is 3.80. The molecule has 1 saturated carbocycles. The molecule has 1 aromatic carbocycles. The standard InChI is InChI=1S/C16H24N2/c1-13-9-16(17-15-7-8-15)12-18(10-13)11-14-5-3-2-4-6-14/h2-6,13,15-17H,7-12H2,1H3. The van der Waals surface area contributed by atoms with Crippen molar-refractivity contribution in [3.8, 4) is 0 Å². The van der Waals surface area contributed by atoms with Crippen LogP contribution in [0.1, 0.15) is 31.7 Å². The third-order valence-electron chi connectivity index (χ3n) is 4.03. The molecule has 2 aliphatic rings. The van der Waals surface area contributed by atoms with Crippen LogP contribution >= 0.6 is 0 Å². The van der Waals surface area contributed by atoms with E-state index >= 15 is 0 Å². The third kappa shape index (κ3) is 3.33. The van der Waals surface area contributed by atoms with Crippen molar-refractivity contribution in [2.75, 3.05) is 13.1 Å². The molecular weight excluding hydrogens is 220 g/mol. The first-order valence-corrected chi connectivity index (χ1v) is 7.32. The molecule has 3 rings (SSSR count). The minimum atomic E-state index is 0.713. The zero-order chi connectivity index (χ0) is 12.4. The molecule has 0 amide bonds. The number of piperidine rings is 1. The molecule has 2 heteroatoms. The van der Waals surface area contributed by atoms with E-state index in [1.165, 1.54) is 37.9 Å². The molecule has 1 N–H and O–H groups in total. The quantitative estimate of drug-likeness (QED) is 0.876. The molecule has 0 bridgehead atoms. The van der Waals surface area contributed by atoms with Crippen molar-refractivity contribution >= 4 is 0 Å². The molecule has 1 aromatic rings. The average molecular weight is 244 g/mol. The van der Waals surface area contributed by atoms with Crippen LogP contribution in [-0.4, -0.2) is 30.1 Å². The van der Waals surface area contributed by atoms with Gasteiger partial charge in [-0.05, 0) is 30.7 Å². The Labute approximate surface area is 110 Å². The Morgan fingerprint density at radius 3 is 2.61 bits per heavy atom. The highest BCUT2D eigenvalue weighted by molar-refractivity contribution is 5.14. The lowest BCUT2D eigenvalue weighted by Gasteiger charge is -2.37. The molecule has 2 atom stereocenters. The predicted molar refractivity (Wildman–Crippen MR) is 75.4 cm³/mol. The smallest absolute Gasteiger partial charge is 0.0234 e. The molecule has 0 radical (unpaired) electrons. The Balaban J connectivity index is 1.57. The van der Waals surface area contributed by atoms with Gasteiger partial charge in [-0.15, -0.1) is 0 Å². The third-order valence-corrected chi connectivity index (χ3v) is 4.03. The van der Waals surface area contributed by atoms with Crippen molar-refractivity contribution in [3.05, 3.63) is 35.9 Å². The van der Waals surface area contributed by atoms with E-state index in [4.69, 9.17) is 0 Å². The highest BCUT2D eigenvalue weighted by Gasteiger charge is 2.29. The Morgan fingerprint density at radius 1 is 1.11 bits per heavy atom. The minimum Gasteiger partial charge on any atom is -0.310 e. The maximum absolute atomic E-state index is 3.80. The second kappa shape index (κ2) is 5.41. The van der Waals surface area contributed by atoms with Crippen molar-refractivity contribution in [1.82, 2.24) is 10.2 Å². The summed E-state index contributed by atoms with van der Waals surface area (Å²) in [6, 6.07) is 12.4. The van der Waals surface area contributed by atoms with Crippen LogP contribution in [0.3, 0.4) is 0 Å². The van der Waals surface area contributed by atoms with Gasteiger partial charge in [-0.25, -0.2) is 0 Å². The first-order valence-electron chi connectivity index (χ1n) is 7.32. The molecule has 0 spiro atoms. The van der Waals surface area contributed by atoms with Gasteiger partial charge in [-0.1, -0.05) is 37.3 Å². The SMILES string of the molecule is CC1CC(NC2CC2)CN(Cc2ccccc2)C1. The number of nitrogens with one attached hydrogen (secondary N) is 1. The number of benzene rings is 1. The summed E-state index contributed by atoms with van der Waals surface area (Å²) in [5.41, 5.74) is 1.44. The van der Waals surface area contributed by atoms with Gasteiger partial charge in [0.15, 0.2) is 0 Å². The molecule has 1 aliphatic heterocycles. The summed E-state index contributed by atoms with van der Waals surface area (Å²) >= 11 is 0. The van der Waals surface area contributed by atoms with Crippen molar-refractivity contribution in [2.45, 2.75) is 44.8 Å². The van der Waals surface area contributed by atoms with Gasteiger partial charge in [0.2, 0.25) is 0 Å². The minimum absolute atomic E-state index is 0.713. The topological polar surface area (TPSA) is 15.3 Å². The predicted octanol–water partition coefficient (Wildman–Crippen LogP) is 2.65. The van der Waals surface area contributed by atoms with Gasteiger partial charge in [0.1, 0.15) is 0 Å². The van der Waals surface area contributed by atoms with Crippen molar-refractivity contribution in [3.63, 3.8) is 0 Å². The fourth-order valence-corrected chi connectivity index (χ4v) is 3.14. The lowest BCUT2D eigenvalue weighted by atomic mass is 9.95. The molecule has 98 valence electrons. The molecule has 2 fully saturated rings. The highest BCUT2D eigenvalue weighted by Crippen LogP contribution is 2.24. The number of nitrogens with zero attached hydrogens (tertiary/aromatic N) is 1. The van der Waals surface area contributed by atoms with E-state index in [-0.39, 0.29) is 0 Å². The van der Waals surface area contributed by atoms with Gasteiger partial charge in [-0.2, -0.15) is 0 Å². The average Bonchev–Trinajstić information content (AvgIpc) is 3.13. The number of likely N-dealkylation sites (tertiary alicyclic amines) is 1. The maximum Gasteiger partial charge on any atom is 0.0234 e. The fraction of sp³-hybridized carbons (Fsp3) is 0.625. The number of rotatable bonds is 4. The van der Waals surface area contributed by atoms with Crippen LogP contribution in [0.2, 0.25) is 0 Å². The van der Waals surface area contributed by atoms with E-state index < -0.39 is 0 Å². The first-order chi connectivity index (χ1) is 8.79. The van der Waals surface area contributed by atoms with Crippen LogP contribution in [0.5, 0.6) is 0 Å². The van der Waals surface area contributed by atoms with E-state index in [0.717, 1.165) is 18.5 Å². The Kier molecular flexibility index (Phi) is 3.67. The van der Waals surface area contributed by atoms with Crippen LogP contribution < -0.4 is 5.32 Å². The second-order valence-corrected chi connectivity index (χ2v) is 6.16. The van der Waals surface area contributed by atoms with Gasteiger partial charge in [0, 0.05) is 31.7 Å². The second-order valence-electron chi connectivity index (χ2n) is 6.16. The molecule has 1 saturated heterocycles. The van der Waals surface area contributed by atoms with Gasteiger partial charge >= 0.3 is 0 Å². The van der Waals surface area contributed by atoms with Crippen molar-refractivity contribution in [2.24, 2.45) is 5.92 Å². The Bertz CT molecular complexity index is 370. The monoisotopic (exact) mass is 244 g/mol. The van der Waals surface area contributed by atoms with E-state index in [9.17, 15) is 0 Å². The summed E-state index contributed by atoms with van der Waals surface area (Å²) in [6.07, 6.45) is 4.13. The summed E-state index contributed by atoms with van der Waals surface area (Å²) in [5, 5.41) is 3.80. The molecular formula is C16H24N2. The summed E-state index contributed by atoms with van der Waals surface area (Å²) in [7, 11) is 0. The van der Waals surface area contributed by atoms with Gasteiger partial charge in [0.25, 0.3) is 0 Å². The van der Waals surface area contributed by atoms with Gasteiger partial charge in [0.05, 0.1) is 0 Å². The normalized spacial score (nSPS) is 29.4. The molecule has 18 heavy (non-hydrogen) atoms. The Hall–Kier alpha value is -0.860. The van der Waals surface area contributed by atoms with E-state index in [1.807, 2.05) is 0 Å². The molecule has 2 unspecified atom stereocenters. The van der Waals surface area contributed by atoms with Crippen LogP contribution in [0.15, 0.2) is 30.3 Å². The molecule has 0 aromatic heterocycles. The largest absolute Gasteiger partial charge is 0.310 e. The molecule has 1 aliphatic carbocycles. The molecule has 1 heterocycles. The summed E-state index contributed by atoms with van der Waals surface area (Å²) in [5.74, 6) is 0.818. The number of hydrogen-bond acceptors (Lipinski definition) is 2. The number of hydrogen-bond donors (Lipinski definition) is 1. The van der Waals surface area contributed by atoms with Crippen LogP contribution in [-0.2, 0) is 6.54 Å². The van der Waals surface area contributed by atoms with Crippen LogP contribution in [0.4, 0.5) is 0 Å². The molecule has 2 nitrogen and oxygen atoms in total. The lowest BCUT2D eigenvalue weighted by Crippen LogP contribution is -2.48. The lowest BCUT2D eigenvalue weighted by molar-refractivity contribution is 0.141. The zero-order valence-electron chi connectivity index (χ0n) is 11.3. The van der Waals surface area contributed by atoms with E-state index in [1.54, 1.807) is 0 Å². The van der Waals surface area contributed by atoms with Gasteiger partial charge in [-0.3, -0.25) is 4.90 Å². The summed E-state index contributed by atoms with van der Waals surface area (Å²) in [6.45, 7) is 5.96. The first kappa shape index (κ1) is 12.2. The van der Waals surface area contributed by atoms with Crippen LogP contribution in [0.25, 0.3) is 0 Å². The zero-order valence-corrected chi connectivity index (χ0v) is 11.3. The van der Waals surface area contributed by atoms with E-state index in [2.05, 4.69) is 47.5 Å². The van der Waals surface area contributed by atoms with Gasteiger partial charge < -0.3 is 5.32 Å². The van der Waals surface area contributed by atoms with Crippen molar-refractivity contribution < 1.29 is 0 Å². The fourth-order valence-electron chi connectivity index (χ4n) is 3.14. The highest BCUT2D eigenvalue weighted by atomic mass is 15.2. The Morgan fingerprint density at radius 2 is 1.89 bits per heavy atom. The van der Waals surface area contributed by atoms with Crippen LogP contribution in [0, 0.1) is 5.92 Å².